The van der Waals surface area contributed by atoms with Crippen molar-refractivity contribution in [2.45, 2.75) is 51.9 Å². The number of allylic oxidation sites excluding steroid dienone is 4. The molecule has 0 unspecified atom stereocenters. The van der Waals surface area contributed by atoms with E-state index in [1.807, 2.05) is 0 Å². The molecule has 2 heterocycles. The number of hydrogen-bond acceptors (Lipinski definition) is 1. The van der Waals surface area contributed by atoms with Crippen molar-refractivity contribution in [3.8, 4) is 0 Å². The number of fused-ring (bicyclic) bond motifs is 6. The molecule has 4 aromatic carbocycles. The molecule has 2 aliphatic rings. The molecule has 37 heavy (non-hydrogen) atoms. The van der Waals surface area contributed by atoms with Crippen molar-refractivity contribution in [1.29, 1.82) is 0 Å². The Balaban J connectivity index is 1.44. The minimum absolute atomic E-state index is 0.0589. The lowest BCUT2D eigenvalue weighted by Gasteiger charge is -2.23. The highest BCUT2D eigenvalue weighted by molar-refractivity contribution is 6.07. The normalized spacial score (nSPS) is 19.0. The van der Waals surface area contributed by atoms with Crippen molar-refractivity contribution in [2.75, 3.05) is 18.5 Å². The van der Waals surface area contributed by atoms with Crippen LogP contribution in [0.2, 0.25) is 0 Å². The minimum atomic E-state index is -0.0728. The largest absolute Gasteiger partial charge is 0.347 e. The number of hydrogen-bond donors (Lipinski definition) is 0. The van der Waals surface area contributed by atoms with E-state index in [0.717, 1.165) is 13.0 Å². The standard InChI is InChI=1S/C35H37N2/c1-7-23-37-29-22-20-24-13-8-10-15-26(24)32(29)35(4,5)31(37)18-12-17-30-34(2,3)28-21-19-25-14-9-11-16-27(25)33(28)36(30)6/h8-22H,7,23H2,1-6H3/q+1. The first kappa shape index (κ1) is 23.7. The summed E-state index contributed by atoms with van der Waals surface area (Å²) in [5, 5.41) is 5.30. The van der Waals surface area contributed by atoms with Crippen LogP contribution in [0.3, 0.4) is 0 Å². The van der Waals surface area contributed by atoms with Crippen LogP contribution in [0.1, 0.15) is 52.2 Å². The van der Waals surface area contributed by atoms with Gasteiger partial charge in [0, 0.05) is 47.7 Å². The lowest BCUT2D eigenvalue weighted by molar-refractivity contribution is -0.437. The smallest absolute Gasteiger partial charge is 0.210 e. The highest BCUT2D eigenvalue weighted by Crippen LogP contribution is 2.50. The molecule has 0 radical (unpaired) electrons. The molecule has 0 fully saturated rings. The lowest BCUT2D eigenvalue weighted by atomic mass is 9.79. The molecule has 2 aliphatic heterocycles. The van der Waals surface area contributed by atoms with Crippen LogP contribution in [0.4, 0.5) is 11.4 Å². The summed E-state index contributed by atoms with van der Waals surface area (Å²) in [5.41, 5.74) is 8.11. The summed E-state index contributed by atoms with van der Waals surface area (Å²) in [6.07, 6.45) is 8.10. The van der Waals surface area contributed by atoms with Crippen molar-refractivity contribution >= 4 is 38.6 Å². The fourth-order valence-electron chi connectivity index (χ4n) is 6.85. The molecule has 6 rings (SSSR count). The minimum Gasteiger partial charge on any atom is -0.347 e. The zero-order chi connectivity index (χ0) is 25.9. The Morgan fingerprint density at radius 2 is 1.43 bits per heavy atom. The van der Waals surface area contributed by atoms with E-state index in [1.54, 1.807) is 0 Å². The molecule has 0 N–H and O–H groups in total. The Hall–Kier alpha value is -3.65. The highest BCUT2D eigenvalue weighted by Gasteiger charge is 2.45. The zero-order valence-corrected chi connectivity index (χ0v) is 23.0. The Kier molecular flexibility index (Phi) is 5.42. The van der Waals surface area contributed by atoms with E-state index in [-0.39, 0.29) is 10.8 Å². The number of benzene rings is 4. The predicted molar refractivity (Wildman–Crippen MR) is 160 cm³/mol. The highest BCUT2D eigenvalue weighted by atomic mass is 15.2. The molecular weight excluding hydrogens is 448 g/mol. The van der Waals surface area contributed by atoms with Crippen LogP contribution in [-0.2, 0) is 10.8 Å². The fraction of sp³-hybridized carbons (Fsp3) is 0.286. The maximum Gasteiger partial charge on any atom is 0.210 e. The molecule has 0 amide bonds. The summed E-state index contributed by atoms with van der Waals surface area (Å²) in [4.78, 5) is 2.40. The van der Waals surface area contributed by atoms with Gasteiger partial charge in [-0.25, -0.2) is 0 Å². The van der Waals surface area contributed by atoms with Gasteiger partial charge in [0.05, 0.1) is 11.1 Å². The van der Waals surface area contributed by atoms with Crippen LogP contribution in [0.25, 0.3) is 21.5 Å². The molecule has 0 saturated heterocycles. The van der Waals surface area contributed by atoms with Gasteiger partial charge < -0.3 is 4.90 Å². The molecule has 0 spiro atoms. The van der Waals surface area contributed by atoms with Crippen LogP contribution in [0.15, 0.2) is 96.7 Å². The molecule has 2 nitrogen and oxygen atoms in total. The molecule has 2 heteroatoms. The second-order valence-corrected chi connectivity index (χ2v) is 11.6. The Labute approximate surface area is 221 Å². The summed E-state index contributed by atoms with van der Waals surface area (Å²) < 4.78 is 2.54. The van der Waals surface area contributed by atoms with Crippen LogP contribution in [0, 0.1) is 0 Å². The molecular formula is C35H37N2+. The average Bonchev–Trinajstić information content (AvgIpc) is 3.23. The van der Waals surface area contributed by atoms with Gasteiger partial charge >= 0.3 is 0 Å². The number of nitrogens with zero attached hydrogens (tertiary/aromatic N) is 2. The maximum absolute atomic E-state index is 2.54. The summed E-state index contributed by atoms with van der Waals surface area (Å²) >= 11 is 0. The van der Waals surface area contributed by atoms with Crippen LogP contribution < -0.4 is 4.90 Å². The average molecular weight is 486 g/mol. The second kappa shape index (κ2) is 8.45. The van der Waals surface area contributed by atoms with Crippen LogP contribution in [0.5, 0.6) is 0 Å². The van der Waals surface area contributed by atoms with E-state index >= 15 is 0 Å². The first-order valence-corrected chi connectivity index (χ1v) is 13.6. The van der Waals surface area contributed by atoms with Crippen molar-refractivity contribution in [3.05, 3.63) is 108 Å². The number of likely N-dealkylation sites (N-methyl/N-ethyl adjacent to an activating group) is 1. The molecule has 0 aliphatic carbocycles. The van der Waals surface area contributed by atoms with Gasteiger partial charge in [0.1, 0.15) is 6.54 Å². The van der Waals surface area contributed by atoms with Gasteiger partial charge in [0.25, 0.3) is 0 Å². The van der Waals surface area contributed by atoms with E-state index in [9.17, 15) is 0 Å². The van der Waals surface area contributed by atoms with Gasteiger partial charge in [0.2, 0.25) is 5.69 Å². The summed E-state index contributed by atoms with van der Waals surface area (Å²) in [5.74, 6) is 0. The van der Waals surface area contributed by atoms with Gasteiger partial charge in [-0.15, -0.1) is 0 Å². The Morgan fingerprint density at radius 1 is 0.784 bits per heavy atom. The van der Waals surface area contributed by atoms with Crippen molar-refractivity contribution in [2.24, 2.45) is 0 Å². The summed E-state index contributed by atoms with van der Waals surface area (Å²) in [7, 11) is 2.22. The fourth-order valence-corrected chi connectivity index (χ4v) is 6.85. The number of rotatable bonds is 4. The van der Waals surface area contributed by atoms with Crippen molar-refractivity contribution in [1.82, 2.24) is 0 Å². The van der Waals surface area contributed by atoms with Gasteiger partial charge in [-0.2, -0.15) is 4.58 Å². The second-order valence-electron chi connectivity index (χ2n) is 11.6. The lowest BCUT2D eigenvalue weighted by Crippen LogP contribution is -2.28. The van der Waals surface area contributed by atoms with Crippen LogP contribution in [-0.4, -0.2) is 23.9 Å². The Morgan fingerprint density at radius 3 is 2.16 bits per heavy atom. The summed E-state index contributed by atoms with van der Waals surface area (Å²) in [6, 6.07) is 26.7. The van der Waals surface area contributed by atoms with Gasteiger partial charge in [-0.3, -0.25) is 0 Å². The van der Waals surface area contributed by atoms with E-state index in [4.69, 9.17) is 0 Å². The maximum atomic E-state index is 2.54. The first-order chi connectivity index (χ1) is 17.8. The molecule has 4 aromatic rings. The van der Waals surface area contributed by atoms with E-state index < -0.39 is 0 Å². The molecule has 0 saturated carbocycles. The van der Waals surface area contributed by atoms with Crippen molar-refractivity contribution in [3.63, 3.8) is 0 Å². The third-order valence-electron chi connectivity index (χ3n) is 8.62. The SMILES string of the molecule is CCC[N+]1=C(/C=C/C=C2/N(C)c3c(ccc4ccccc34)C2(C)C)C(C)(C)c2c1ccc1ccccc21. The van der Waals surface area contributed by atoms with Crippen LogP contribution >= 0.6 is 0 Å². The topological polar surface area (TPSA) is 6.25 Å². The molecule has 186 valence electrons. The zero-order valence-electron chi connectivity index (χ0n) is 23.0. The molecule has 0 atom stereocenters. The van der Waals surface area contributed by atoms with Gasteiger partial charge in [-0.05, 0) is 47.7 Å². The Bertz CT molecular complexity index is 1650. The molecule has 0 aromatic heterocycles. The predicted octanol–water partition coefficient (Wildman–Crippen LogP) is 8.65. The third-order valence-corrected chi connectivity index (χ3v) is 8.62. The monoisotopic (exact) mass is 485 g/mol. The number of anilines is 1. The van der Waals surface area contributed by atoms with Gasteiger partial charge in [-0.1, -0.05) is 87.5 Å². The molecule has 0 bridgehead atoms. The quantitative estimate of drug-likeness (QED) is 0.262. The third kappa shape index (κ3) is 3.42. The van der Waals surface area contributed by atoms with E-state index in [0.29, 0.717) is 0 Å². The van der Waals surface area contributed by atoms with E-state index in [1.165, 1.54) is 55.5 Å². The van der Waals surface area contributed by atoms with E-state index in [2.05, 4.69) is 142 Å². The van der Waals surface area contributed by atoms with Gasteiger partial charge in [0.15, 0.2) is 5.71 Å². The first-order valence-electron chi connectivity index (χ1n) is 13.6. The summed E-state index contributed by atoms with van der Waals surface area (Å²) in [6.45, 7) is 12.8. The van der Waals surface area contributed by atoms with Crippen molar-refractivity contribution < 1.29 is 4.58 Å².